The van der Waals surface area contributed by atoms with Gasteiger partial charge >= 0.3 is 0 Å². The lowest BCUT2D eigenvalue weighted by Crippen LogP contribution is -2.16. The van der Waals surface area contributed by atoms with Crippen molar-refractivity contribution in [1.29, 1.82) is 0 Å². The van der Waals surface area contributed by atoms with Crippen molar-refractivity contribution in [1.82, 2.24) is 14.9 Å². The first-order chi connectivity index (χ1) is 8.16. The van der Waals surface area contributed by atoms with E-state index in [4.69, 9.17) is 11.6 Å². The fraction of sp³-hybridized carbons (Fsp3) is 0.250. The molecule has 0 saturated heterocycles. The molecule has 0 fully saturated rings. The minimum Gasteiger partial charge on any atom is -0.337 e. The van der Waals surface area contributed by atoms with Crippen LogP contribution in [0.1, 0.15) is 11.4 Å². The molecule has 0 aliphatic heterocycles. The number of rotatable bonds is 4. The standard InChI is InChI=1S/C12H13ClFN3/c1-17-5-4-16-12(17)8-15-7-9-6-10(13)2-3-11(9)14/h2-6,15H,7-8H2,1H3. The van der Waals surface area contributed by atoms with Crippen LogP contribution in [0, 0.1) is 5.82 Å². The van der Waals surface area contributed by atoms with Gasteiger partial charge in [0.1, 0.15) is 11.6 Å². The summed E-state index contributed by atoms with van der Waals surface area (Å²) in [6, 6.07) is 4.54. The van der Waals surface area contributed by atoms with E-state index in [-0.39, 0.29) is 5.82 Å². The highest BCUT2D eigenvalue weighted by molar-refractivity contribution is 6.30. The first-order valence-electron chi connectivity index (χ1n) is 5.27. The largest absolute Gasteiger partial charge is 0.337 e. The van der Waals surface area contributed by atoms with Gasteiger partial charge in [0.05, 0.1) is 6.54 Å². The fourth-order valence-corrected chi connectivity index (χ4v) is 1.75. The van der Waals surface area contributed by atoms with Crippen LogP contribution < -0.4 is 5.32 Å². The molecule has 0 unspecified atom stereocenters. The second-order valence-corrected chi connectivity index (χ2v) is 4.23. The van der Waals surface area contributed by atoms with Crippen LogP contribution in [0.15, 0.2) is 30.6 Å². The lowest BCUT2D eigenvalue weighted by molar-refractivity contribution is 0.578. The average molecular weight is 254 g/mol. The van der Waals surface area contributed by atoms with Gasteiger partial charge in [-0.05, 0) is 18.2 Å². The minimum atomic E-state index is -0.248. The summed E-state index contributed by atoms with van der Waals surface area (Å²) in [5, 5.41) is 3.67. The monoisotopic (exact) mass is 253 g/mol. The van der Waals surface area contributed by atoms with Crippen LogP contribution in [-0.4, -0.2) is 9.55 Å². The van der Waals surface area contributed by atoms with Crippen molar-refractivity contribution in [2.45, 2.75) is 13.1 Å². The highest BCUT2D eigenvalue weighted by Gasteiger charge is 2.03. The van der Waals surface area contributed by atoms with Crippen LogP contribution in [0.2, 0.25) is 5.02 Å². The SMILES string of the molecule is Cn1ccnc1CNCc1cc(Cl)ccc1F. The zero-order chi connectivity index (χ0) is 12.3. The first kappa shape index (κ1) is 12.1. The third-order valence-corrected chi connectivity index (χ3v) is 2.76. The molecule has 1 aromatic carbocycles. The Morgan fingerprint density at radius 3 is 2.94 bits per heavy atom. The quantitative estimate of drug-likeness (QED) is 0.907. The summed E-state index contributed by atoms with van der Waals surface area (Å²) in [5.74, 6) is 0.661. The van der Waals surface area contributed by atoms with Gasteiger partial charge in [0.2, 0.25) is 0 Å². The number of aryl methyl sites for hydroxylation is 1. The zero-order valence-electron chi connectivity index (χ0n) is 9.45. The lowest BCUT2D eigenvalue weighted by Gasteiger charge is -2.06. The van der Waals surface area contributed by atoms with E-state index in [1.807, 2.05) is 17.8 Å². The Kier molecular flexibility index (Phi) is 3.76. The molecule has 3 nitrogen and oxygen atoms in total. The van der Waals surface area contributed by atoms with Crippen LogP contribution in [0.25, 0.3) is 0 Å². The number of aromatic nitrogens is 2. The molecule has 90 valence electrons. The predicted octanol–water partition coefficient (Wildman–Crippen LogP) is 2.50. The molecule has 0 aliphatic rings. The van der Waals surface area contributed by atoms with E-state index in [0.717, 1.165) is 5.82 Å². The van der Waals surface area contributed by atoms with E-state index in [1.54, 1.807) is 18.3 Å². The van der Waals surface area contributed by atoms with Crippen LogP contribution in [0.3, 0.4) is 0 Å². The van der Waals surface area contributed by atoms with Gasteiger partial charge in [0, 0.05) is 36.6 Å². The Balaban J connectivity index is 1.94. The lowest BCUT2D eigenvalue weighted by atomic mass is 10.2. The molecule has 17 heavy (non-hydrogen) atoms. The summed E-state index contributed by atoms with van der Waals surface area (Å²) in [5.41, 5.74) is 0.562. The zero-order valence-corrected chi connectivity index (χ0v) is 10.2. The third kappa shape index (κ3) is 3.05. The molecule has 1 aromatic heterocycles. The van der Waals surface area contributed by atoms with Gasteiger partial charge < -0.3 is 9.88 Å². The maximum absolute atomic E-state index is 13.4. The average Bonchev–Trinajstić information content (AvgIpc) is 2.70. The molecule has 0 atom stereocenters. The van der Waals surface area contributed by atoms with Crippen molar-refractivity contribution >= 4 is 11.6 Å². The summed E-state index contributed by atoms with van der Waals surface area (Å²) >= 11 is 5.81. The van der Waals surface area contributed by atoms with Crippen LogP contribution in [-0.2, 0) is 20.1 Å². The van der Waals surface area contributed by atoms with Gasteiger partial charge in [-0.15, -0.1) is 0 Å². The Bertz CT molecular complexity index is 510. The molecule has 5 heteroatoms. The number of hydrogen-bond acceptors (Lipinski definition) is 2. The van der Waals surface area contributed by atoms with Crippen molar-refractivity contribution in [2.24, 2.45) is 7.05 Å². The van der Waals surface area contributed by atoms with Crippen LogP contribution in [0.5, 0.6) is 0 Å². The van der Waals surface area contributed by atoms with Gasteiger partial charge in [-0.2, -0.15) is 0 Å². The maximum atomic E-state index is 13.4. The number of nitrogens with one attached hydrogen (secondary N) is 1. The first-order valence-corrected chi connectivity index (χ1v) is 5.65. The number of benzene rings is 1. The fourth-order valence-electron chi connectivity index (χ4n) is 1.55. The molecular weight excluding hydrogens is 241 g/mol. The van der Waals surface area contributed by atoms with Gasteiger partial charge in [0.25, 0.3) is 0 Å². The van der Waals surface area contributed by atoms with Crippen LogP contribution in [0.4, 0.5) is 4.39 Å². The summed E-state index contributed by atoms with van der Waals surface area (Å²) in [7, 11) is 1.92. The third-order valence-electron chi connectivity index (χ3n) is 2.53. The van der Waals surface area contributed by atoms with E-state index in [2.05, 4.69) is 10.3 Å². The normalized spacial score (nSPS) is 10.8. The maximum Gasteiger partial charge on any atom is 0.127 e. The molecule has 1 heterocycles. The van der Waals surface area contributed by atoms with E-state index < -0.39 is 0 Å². The minimum absolute atomic E-state index is 0.248. The predicted molar refractivity (Wildman–Crippen MR) is 65.2 cm³/mol. The van der Waals surface area contributed by atoms with Gasteiger partial charge in [-0.3, -0.25) is 0 Å². The smallest absolute Gasteiger partial charge is 0.127 e. The number of halogens is 2. The number of hydrogen-bond donors (Lipinski definition) is 1. The van der Waals surface area contributed by atoms with Crippen molar-refractivity contribution in [3.63, 3.8) is 0 Å². The molecule has 0 amide bonds. The highest BCUT2D eigenvalue weighted by atomic mass is 35.5. The van der Waals surface area contributed by atoms with Crippen LogP contribution >= 0.6 is 11.6 Å². The van der Waals surface area contributed by atoms with Gasteiger partial charge in [0.15, 0.2) is 0 Å². The number of nitrogens with zero attached hydrogens (tertiary/aromatic N) is 2. The van der Waals surface area contributed by atoms with Crippen molar-refractivity contribution < 1.29 is 4.39 Å². The molecule has 0 aliphatic carbocycles. The van der Waals surface area contributed by atoms with Gasteiger partial charge in [-0.25, -0.2) is 9.37 Å². The molecule has 0 spiro atoms. The summed E-state index contributed by atoms with van der Waals surface area (Å²) in [6.07, 6.45) is 3.61. The topological polar surface area (TPSA) is 29.9 Å². The van der Waals surface area contributed by atoms with E-state index in [0.29, 0.717) is 23.7 Å². The summed E-state index contributed by atoms with van der Waals surface area (Å²) in [4.78, 5) is 4.17. The van der Waals surface area contributed by atoms with Crippen molar-refractivity contribution in [2.75, 3.05) is 0 Å². The Hall–Kier alpha value is -1.39. The Labute approximate surface area is 104 Å². The summed E-state index contributed by atoms with van der Waals surface area (Å²) < 4.78 is 15.3. The molecule has 0 bridgehead atoms. The molecule has 0 saturated carbocycles. The highest BCUT2D eigenvalue weighted by Crippen LogP contribution is 2.14. The van der Waals surface area contributed by atoms with Crippen molar-refractivity contribution in [3.8, 4) is 0 Å². The molecule has 2 aromatic rings. The Morgan fingerprint density at radius 1 is 1.41 bits per heavy atom. The van der Waals surface area contributed by atoms with Crippen molar-refractivity contribution in [3.05, 3.63) is 52.8 Å². The Morgan fingerprint density at radius 2 is 2.24 bits per heavy atom. The van der Waals surface area contributed by atoms with E-state index in [9.17, 15) is 4.39 Å². The molecule has 1 N–H and O–H groups in total. The molecule has 0 radical (unpaired) electrons. The number of imidazole rings is 1. The molecule has 2 rings (SSSR count). The summed E-state index contributed by atoms with van der Waals surface area (Å²) in [6.45, 7) is 1.02. The van der Waals surface area contributed by atoms with E-state index >= 15 is 0 Å². The second-order valence-electron chi connectivity index (χ2n) is 3.79. The van der Waals surface area contributed by atoms with Gasteiger partial charge in [-0.1, -0.05) is 11.6 Å². The molecular formula is C12H13ClFN3. The second kappa shape index (κ2) is 5.29. The van der Waals surface area contributed by atoms with E-state index in [1.165, 1.54) is 6.07 Å².